The van der Waals surface area contributed by atoms with Crippen LogP contribution >= 0.6 is 0 Å². The first-order chi connectivity index (χ1) is 8.43. The summed E-state index contributed by atoms with van der Waals surface area (Å²) in [5, 5.41) is 10.6. The monoisotopic (exact) mass is 262 g/mol. The fourth-order valence-corrected chi connectivity index (χ4v) is 1.30. The summed E-state index contributed by atoms with van der Waals surface area (Å²) in [7, 11) is 2.02. The van der Waals surface area contributed by atoms with Gasteiger partial charge in [0, 0.05) is 0 Å². The third kappa shape index (κ3) is 2.34. The summed E-state index contributed by atoms with van der Waals surface area (Å²) in [4.78, 5) is 24.3. The standard InChI is InChI=1S/C9H8F2N2O5/c1-17-7-5(8(10)11)4(13(15)16)3-12-6(7)9(14)18-2/h3,8H,1-2H3. The van der Waals surface area contributed by atoms with Crippen molar-refractivity contribution in [3.63, 3.8) is 0 Å². The zero-order valence-corrected chi connectivity index (χ0v) is 9.35. The van der Waals surface area contributed by atoms with Gasteiger partial charge in [-0.1, -0.05) is 0 Å². The SMILES string of the molecule is COC(=O)c1ncc([N+](=O)[O-])c(C(F)F)c1OC. The van der Waals surface area contributed by atoms with Gasteiger partial charge >= 0.3 is 5.97 Å². The Labute approximate surface area is 99.5 Å². The second-order valence-corrected chi connectivity index (χ2v) is 2.99. The maximum absolute atomic E-state index is 12.8. The van der Waals surface area contributed by atoms with Crippen molar-refractivity contribution in [2.45, 2.75) is 6.43 Å². The van der Waals surface area contributed by atoms with E-state index < -0.39 is 40.0 Å². The molecule has 0 aliphatic rings. The molecule has 0 radical (unpaired) electrons. The minimum atomic E-state index is -3.19. The van der Waals surface area contributed by atoms with Crippen molar-refractivity contribution in [3.8, 4) is 5.75 Å². The number of rotatable bonds is 4. The molecule has 0 amide bonds. The third-order valence-corrected chi connectivity index (χ3v) is 2.05. The van der Waals surface area contributed by atoms with E-state index >= 15 is 0 Å². The van der Waals surface area contributed by atoms with Crippen molar-refractivity contribution in [3.05, 3.63) is 27.6 Å². The number of hydrogen-bond donors (Lipinski definition) is 0. The number of aromatic nitrogens is 1. The van der Waals surface area contributed by atoms with Gasteiger partial charge in [-0.3, -0.25) is 10.1 Å². The lowest BCUT2D eigenvalue weighted by molar-refractivity contribution is -0.386. The number of methoxy groups -OCH3 is 2. The molecule has 0 aromatic carbocycles. The molecule has 0 fully saturated rings. The Kier molecular flexibility index (Phi) is 4.08. The van der Waals surface area contributed by atoms with Crippen LogP contribution in [0.15, 0.2) is 6.20 Å². The van der Waals surface area contributed by atoms with Crippen molar-refractivity contribution in [2.75, 3.05) is 14.2 Å². The summed E-state index contributed by atoms with van der Waals surface area (Å²) in [6.07, 6.45) is -2.62. The van der Waals surface area contributed by atoms with Crippen LogP contribution in [0.3, 0.4) is 0 Å². The highest BCUT2D eigenvalue weighted by molar-refractivity contribution is 5.91. The summed E-state index contributed by atoms with van der Waals surface area (Å²) >= 11 is 0. The van der Waals surface area contributed by atoms with Crippen LogP contribution in [0.1, 0.15) is 22.5 Å². The molecule has 1 heterocycles. The van der Waals surface area contributed by atoms with E-state index in [0.29, 0.717) is 6.20 Å². The molecule has 0 bridgehead atoms. The molecule has 18 heavy (non-hydrogen) atoms. The first-order valence-corrected chi connectivity index (χ1v) is 4.51. The molecule has 0 saturated carbocycles. The van der Waals surface area contributed by atoms with Crippen LogP contribution in [0.2, 0.25) is 0 Å². The molecule has 1 aromatic heterocycles. The van der Waals surface area contributed by atoms with Crippen LogP contribution < -0.4 is 4.74 Å². The fourth-order valence-electron chi connectivity index (χ4n) is 1.30. The van der Waals surface area contributed by atoms with Crippen LogP contribution in [-0.4, -0.2) is 30.1 Å². The number of alkyl halides is 2. The van der Waals surface area contributed by atoms with Crippen molar-refractivity contribution < 1.29 is 28.0 Å². The summed E-state index contributed by atoms with van der Waals surface area (Å²) < 4.78 is 34.6. The minimum Gasteiger partial charge on any atom is -0.493 e. The lowest BCUT2D eigenvalue weighted by Crippen LogP contribution is -2.11. The van der Waals surface area contributed by atoms with Gasteiger partial charge in [-0.15, -0.1) is 0 Å². The average molecular weight is 262 g/mol. The molecule has 98 valence electrons. The molecule has 1 aromatic rings. The fraction of sp³-hybridized carbons (Fsp3) is 0.333. The predicted molar refractivity (Wildman–Crippen MR) is 53.7 cm³/mol. The highest BCUT2D eigenvalue weighted by atomic mass is 19.3. The Hall–Kier alpha value is -2.32. The average Bonchev–Trinajstić information content (AvgIpc) is 2.35. The van der Waals surface area contributed by atoms with E-state index in [-0.39, 0.29) is 0 Å². The number of esters is 1. The van der Waals surface area contributed by atoms with Gasteiger partial charge in [-0.2, -0.15) is 0 Å². The van der Waals surface area contributed by atoms with Crippen LogP contribution in [-0.2, 0) is 4.74 Å². The molecule has 9 heteroatoms. The second kappa shape index (κ2) is 5.34. The van der Waals surface area contributed by atoms with E-state index in [0.717, 1.165) is 14.2 Å². The number of pyridine rings is 1. The first kappa shape index (κ1) is 13.7. The van der Waals surface area contributed by atoms with E-state index in [9.17, 15) is 23.7 Å². The molecule has 7 nitrogen and oxygen atoms in total. The molecule has 0 atom stereocenters. The molecule has 1 rings (SSSR count). The van der Waals surface area contributed by atoms with E-state index in [4.69, 9.17) is 0 Å². The number of nitro groups is 1. The normalized spacial score (nSPS) is 10.3. The number of carbonyl (C=O) groups is 1. The Balaban J connectivity index is 3.57. The predicted octanol–water partition coefficient (Wildman–Crippen LogP) is 1.72. The van der Waals surface area contributed by atoms with E-state index in [1.165, 1.54) is 0 Å². The topological polar surface area (TPSA) is 91.6 Å². The first-order valence-electron chi connectivity index (χ1n) is 4.51. The van der Waals surface area contributed by atoms with Gasteiger partial charge in [0.15, 0.2) is 11.4 Å². The zero-order valence-electron chi connectivity index (χ0n) is 9.35. The number of carbonyl (C=O) groups excluding carboxylic acids is 1. The molecular weight excluding hydrogens is 254 g/mol. The van der Waals surface area contributed by atoms with Gasteiger partial charge in [0.25, 0.3) is 12.1 Å². The van der Waals surface area contributed by atoms with Crippen LogP contribution in [0.25, 0.3) is 0 Å². The Bertz CT molecular complexity index is 492. The van der Waals surface area contributed by atoms with E-state index in [1.54, 1.807) is 0 Å². The van der Waals surface area contributed by atoms with Crippen LogP contribution in [0, 0.1) is 10.1 Å². The highest BCUT2D eigenvalue weighted by Gasteiger charge is 2.32. The maximum atomic E-state index is 12.8. The van der Waals surface area contributed by atoms with Crippen LogP contribution in [0.5, 0.6) is 5.75 Å². The van der Waals surface area contributed by atoms with E-state index in [2.05, 4.69) is 14.5 Å². The van der Waals surface area contributed by atoms with Gasteiger partial charge in [-0.25, -0.2) is 18.6 Å². The van der Waals surface area contributed by atoms with Crippen molar-refractivity contribution in [1.29, 1.82) is 0 Å². The van der Waals surface area contributed by atoms with Gasteiger partial charge in [0.2, 0.25) is 0 Å². The van der Waals surface area contributed by atoms with Crippen LogP contribution in [0.4, 0.5) is 14.5 Å². The van der Waals surface area contributed by atoms with Gasteiger partial charge in [0.05, 0.1) is 19.1 Å². The van der Waals surface area contributed by atoms with Gasteiger partial charge in [-0.05, 0) is 0 Å². The second-order valence-electron chi connectivity index (χ2n) is 2.99. The quantitative estimate of drug-likeness (QED) is 0.466. The summed E-state index contributed by atoms with van der Waals surface area (Å²) in [5.74, 6) is -1.69. The Morgan fingerprint density at radius 2 is 2.11 bits per heavy atom. The number of halogens is 2. The summed E-state index contributed by atoms with van der Waals surface area (Å²) in [6.45, 7) is 0. The largest absolute Gasteiger partial charge is 0.493 e. The van der Waals surface area contributed by atoms with Crippen molar-refractivity contribution in [1.82, 2.24) is 4.98 Å². The van der Waals surface area contributed by atoms with Crippen molar-refractivity contribution in [2.24, 2.45) is 0 Å². The summed E-state index contributed by atoms with van der Waals surface area (Å²) in [6, 6.07) is 0. The lowest BCUT2D eigenvalue weighted by atomic mass is 10.1. The Morgan fingerprint density at radius 3 is 2.50 bits per heavy atom. The molecular formula is C9H8F2N2O5. The number of hydrogen-bond acceptors (Lipinski definition) is 6. The number of ether oxygens (including phenoxy) is 2. The van der Waals surface area contributed by atoms with Gasteiger partial charge in [0.1, 0.15) is 11.8 Å². The van der Waals surface area contributed by atoms with Crippen molar-refractivity contribution >= 4 is 11.7 Å². The Morgan fingerprint density at radius 1 is 1.50 bits per heavy atom. The van der Waals surface area contributed by atoms with E-state index in [1.807, 2.05) is 0 Å². The molecule has 0 spiro atoms. The zero-order chi connectivity index (χ0) is 13.9. The molecule has 0 N–H and O–H groups in total. The third-order valence-electron chi connectivity index (χ3n) is 2.05. The molecule has 0 aliphatic carbocycles. The lowest BCUT2D eigenvalue weighted by Gasteiger charge is -2.10. The molecule has 0 aliphatic heterocycles. The summed E-state index contributed by atoms with van der Waals surface area (Å²) in [5.41, 5.74) is -2.46. The molecule has 0 unspecified atom stereocenters. The molecule has 0 saturated heterocycles. The highest BCUT2D eigenvalue weighted by Crippen LogP contribution is 2.38. The number of nitrogens with zero attached hydrogens (tertiary/aromatic N) is 2. The van der Waals surface area contributed by atoms with Gasteiger partial charge < -0.3 is 9.47 Å². The maximum Gasteiger partial charge on any atom is 0.360 e. The minimum absolute atomic E-state index is 0.541. The smallest absolute Gasteiger partial charge is 0.360 e.